The normalized spacial score (nSPS) is 20.8. The van der Waals surface area contributed by atoms with Gasteiger partial charge in [0.1, 0.15) is 18.2 Å². The average Bonchev–Trinajstić information content (AvgIpc) is 3.56. The summed E-state index contributed by atoms with van der Waals surface area (Å²) in [6, 6.07) is 1.16. The van der Waals surface area contributed by atoms with Gasteiger partial charge in [0.25, 0.3) is 0 Å². The molecule has 2 fully saturated rings. The number of halogens is 2. The highest BCUT2D eigenvalue weighted by molar-refractivity contribution is 6.10. The van der Waals surface area contributed by atoms with Crippen molar-refractivity contribution in [2.75, 3.05) is 18.0 Å². The van der Waals surface area contributed by atoms with E-state index in [9.17, 15) is 18.8 Å². The van der Waals surface area contributed by atoms with Crippen LogP contribution in [0.15, 0.2) is 6.07 Å². The maximum Gasteiger partial charge on any atom is 0.303 e. The molecule has 1 aliphatic heterocycles. The number of carboxylic acids is 1. The maximum atomic E-state index is 15.2. The average molecular weight is 420 g/mol. The predicted molar refractivity (Wildman–Crippen MR) is 105 cm³/mol. The van der Waals surface area contributed by atoms with Gasteiger partial charge in [-0.15, -0.1) is 0 Å². The molecule has 0 spiro atoms. The van der Waals surface area contributed by atoms with Gasteiger partial charge in [-0.2, -0.15) is 0 Å². The number of nitrogens with zero attached hydrogens (tertiary/aromatic N) is 1. The third-order valence-corrected chi connectivity index (χ3v) is 6.67. The fourth-order valence-electron chi connectivity index (χ4n) is 4.54. The van der Waals surface area contributed by atoms with Crippen LogP contribution in [0.4, 0.5) is 14.5 Å². The van der Waals surface area contributed by atoms with Gasteiger partial charge in [-0.25, -0.2) is 8.78 Å². The maximum absolute atomic E-state index is 15.2. The minimum absolute atomic E-state index is 0.00593. The topological polar surface area (TPSA) is 86.7 Å². The van der Waals surface area contributed by atoms with Gasteiger partial charge in [-0.05, 0) is 68.9 Å². The van der Waals surface area contributed by atoms with E-state index in [1.807, 2.05) is 0 Å². The molecule has 0 unspecified atom stereocenters. The van der Waals surface area contributed by atoms with Crippen molar-refractivity contribution in [3.05, 3.63) is 28.8 Å². The standard InChI is InChI=1S/C22H26F2N2O4/c1-21(2)17-18(24)13(12-3-4-12)9-14(23)19(17)26(20(21)30)11-15(27)25-8-7-22(5-6-22)10-16(28)29/h9,12H,3-8,10-11H2,1-2H3,(H,25,27)(H,28,29). The second kappa shape index (κ2) is 7.03. The summed E-state index contributed by atoms with van der Waals surface area (Å²) in [6.45, 7) is 2.98. The number of aliphatic carboxylic acids is 1. The smallest absolute Gasteiger partial charge is 0.303 e. The number of carboxylic acid groups (broad SMARTS) is 1. The number of benzene rings is 1. The third-order valence-electron chi connectivity index (χ3n) is 6.67. The van der Waals surface area contributed by atoms with Gasteiger partial charge >= 0.3 is 5.97 Å². The lowest BCUT2D eigenvalue weighted by molar-refractivity contribution is -0.138. The van der Waals surface area contributed by atoms with E-state index in [1.54, 1.807) is 13.8 Å². The van der Waals surface area contributed by atoms with E-state index in [2.05, 4.69) is 5.32 Å². The van der Waals surface area contributed by atoms with Gasteiger partial charge in [0.2, 0.25) is 11.8 Å². The molecule has 30 heavy (non-hydrogen) atoms. The zero-order valence-corrected chi connectivity index (χ0v) is 17.2. The Morgan fingerprint density at radius 1 is 1.27 bits per heavy atom. The van der Waals surface area contributed by atoms with Crippen LogP contribution < -0.4 is 10.2 Å². The van der Waals surface area contributed by atoms with Crippen molar-refractivity contribution < 1.29 is 28.3 Å². The molecule has 1 aromatic carbocycles. The summed E-state index contributed by atoms with van der Waals surface area (Å²) in [4.78, 5) is 37.3. The number of hydrogen-bond donors (Lipinski definition) is 2. The third kappa shape index (κ3) is 3.56. The van der Waals surface area contributed by atoms with E-state index in [0.29, 0.717) is 12.0 Å². The van der Waals surface area contributed by atoms with E-state index in [4.69, 9.17) is 5.11 Å². The molecule has 0 saturated heterocycles. The SMILES string of the molecule is CC1(C)C(=O)N(CC(=O)NCCC2(CC(=O)O)CC2)c2c(F)cc(C3CC3)c(F)c21. The van der Waals surface area contributed by atoms with Crippen LogP contribution in [-0.4, -0.2) is 36.0 Å². The summed E-state index contributed by atoms with van der Waals surface area (Å²) in [5.41, 5.74) is -1.32. The molecule has 3 aliphatic rings. The Bertz CT molecular complexity index is 936. The van der Waals surface area contributed by atoms with Crippen LogP contribution in [0, 0.1) is 17.0 Å². The zero-order valence-electron chi connectivity index (χ0n) is 17.2. The van der Waals surface area contributed by atoms with Gasteiger partial charge in [0, 0.05) is 12.1 Å². The first kappa shape index (κ1) is 20.8. The second-order valence-electron chi connectivity index (χ2n) is 9.45. The minimum atomic E-state index is -1.26. The molecular weight excluding hydrogens is 394 g/mol. The Labute approximate surface area is 173 Å². The Kier molecular flexibility index (Phi) is 4.86. The summed E-state index contributed by atoms with van der Waals surface area (Å²) >= 11 is 0. The molecule has 2 amide bonds. The minimum Gasteiger partial charge on any atom is -0.481 e. The number of fused-ring (bicyclic) bond motifs is 1. The molecule has 1 heterocycles. The number of carbonyl (C=O) groups excluding carboxylic acids is 2. The monoisotopic (exact) mass is 420 g/mol. The lowest BCUT2D eigenvalue weighted by Gasteiger charge is -2.20. The summed E-state index contributed by atoms with van der Waals surface area (Å²) in [5, 5.41) is 11.7. The van der Waals surface area contributed by atoms with E-state index >= 15 is 4.39 Å². The number of hydrogen-bond acceptors (Lipinski definition) is 3. The molecule has 0 atom stereocenters. The largest absolute Gasteiger partial charge is 0.481 e. The Hall–Kier alpha value is -2.51. The van der Waals surface area contributed by atoms with Crippen molar-refractivity contribution >= 4 is 23.5 Å². The van der Waals surface area contributed by atoms with Crippen molar-refractivity contribution in [3.63, 3.8) is 0 Å². The number of anilines is 1. The predicted octanol–water partition coefficient (Wildman–Crippen LogP) is 3.23. The molecule has 4 rings (SSSR count). The Morgan fingerprint density at radius 2 is 1.93 bits per heavy atom. The highest BCUT2D eigenvalue weighted by atomic mass is 19.1. The molecule has 2 N–H and O–H groups in total. The molecule has 0 bridgehead atoms. The van der Waals surface area contributed by atoms with Crippen molar-refractivity contribution in [2.45, 2.75) is 63.7 Å². The second-order valence-corrected chi connectivity index (χ2v) is 9.45. The fraction of sp³-hybridized carbons (Fsp3) is 0.591. The lowest BCUT2D eigenvalue weighted by Crippen LogP contribution is -2.43. The highest BCUT2D eigenvalue weighted by Crippen LogP contribution is 2.52. The van der Waals surface area contributed by atoms with Crippen molar-refractivity contribution in [3.8, 4) is 0 Å². The van der Waals surface area contributed by atoms with Crippen molar-refractivity contribution in [1.82, 2.24) is 5.32 Å². The van der Waals surface area contributed by atoms with E-state index in [0.717, 1.165) is 36.6 Å². The van der Waals surface area contributed by atoms with Crippen LogP contribution in [0.2, 0.25) is 0 Å². The van der Waals surface area contributed by atoms with Crippen LogP contribution in [0.25, 0.3) is 0 Å². The molecule has 2 aliphatic carbocycles. The summed E-state index contributed by atoms with van der Waals surface area (Å²) < 4.78 is 30.1. The quantitative estimate of drug-likeness (QED) is 0.676. The molecule has 2 saturated carbocycles. The molecule has 8 heteroatoms. The summed E-state index contributed by atoms with van der Waals surface area (Å²) in [6.07, 6.45) is 3.85. The van der Waals surface area contributed by atoms with Crippen LogP contribution in [-0.2, 0) is 19.8 Å². The molecular formula is C22H26F2N2O4. The Balaban J connectivity index is 1.48. The fourth-order valence-corrected chi connectivity index (χ4v) is 4.54. The van der Waals surface area contributed by atoms with Gasteiger partial charge in [-0.3, -0.25) is 19.3 Å². The first-order valence-electron chi connectivity index (χ1n) is 10.4. The molecule has 1 aromatic rings. The Morgan fingerprint density at radius 3 is 2.50 bits per heavy atom. The number of carbonyl (C=O) groups is 3. The van der Waals surface area contributed by atoms with Crippen LogP contribution >= 0.6 is 0 Å². The first-order valence-corrected chi connectivity index (χ1v) is 10.4. The van der Waals surface area contributed by atoms with Crippen LogP contribution in [0.5, 0.6) is 0 Å². The van der Waals surface area contributed by atoms with Gasteiger partial charge in [0.05, 0.1) is 17.5 Å². The zero-order chi connectivity index (χ0) is 21.8. The molecule has 6 nitrogen and oxygen atoms in total. The van der Waals surface area contributed by atoms with Crippen LogP contribution in [0.3, 0.4) is 0 Å². The van der Waals surface area contributed by atoms with E-state index < -0.39 is 41.4 Å². The summed E-state index contributed by atoms with van der Waals surface area (Å²) in [5.74, 6) is -3.08. The summed E-state index contributed by atoms with van der Waals surface area (Å²) in [7, 11) is 0. The molecule has 162 valence electrons. The van der Waals surface area contributed by atoms with E-state index in [1.165, 1.54) is 0 Å². The van der Waals surface area contributed by atoms with Gasteiger partial charge < -0.3 is 10.4 Å². The highest BCUT2D eigenvalue weighted by Gasteiger charge is 2.50. The lowest BCUT2D eigenvalue weighted by atomic mass is 9.84. The van der Waals surface area contributed by atoms with Crippen molar-refractivity contribution in [2.24, 2.45) is 5.41 Å². The van der Waals surface area contributed by atoms with Gasteiger partial charge in [0.15, 0.2) is 0 Å². The number of amides is 2. The van der Waals surface area contributed by atoms with E-state index in [-0.39, 0.29) is 35.5 Å². The van der Waals surface area contributed by atoms with Crippen molar-refractivity contribution in [1.29, 1.82) is 0 Å². The number of nitrogens with one attached hydrogen (secondary N) is 1. The van der Waals surface area contributed by atoms with Gasteiger partial charge in [-0.1, -0.05) is 0 Å². The van der Waals surface area contributed by atoms with Crippen LogP contribution in [0.1, 0.15) is 69.4 Å². The number of rotatable bonds is 8. The molecule has 0 aromatic heterocycles. The first-order chi connectivity index (χ1) is 14.1. The molecule has 0 radical (unpaired) electrons.